The molecule has 0 amide bonds. The fraction of sp³-hybridized carbons (Fsp3) is 0.500. The van der Waals surface area contributed by atoms with Crippen molar-refractivity contribution in [2.75, 3.05) is 0 Å². The Morgan fingerprint density at radius 1 is 1.47 bits per heavy atom. The standard InChI is InChI=1S/C6H8O8.Bi/c7-2(8)1-6(14,5(12)13)3(9)4(10)11;/h3,9,14H,1H2,(H,7,8)(H,10,11)(H,12,13);/q;+2/p-2. The van der Waals surface area contributed by atoms with Crippen molar-refractivity contribution in [2.45, 2.75) is 18.1 Å². The second-order valence-corrected chi connectivity index (χ2v) is 4.76. The number of aliphatic hydroxyl groups excluding tert-OH is 1. The molecule has 1 radical (unpaired) electrons. The molecule has 1 heterocycles. The van der Waals surface area contributed by atoms with Crippen LogP contribution in [0.3, 0.4) is 0 Å². The number of carboxylic acid groups (broad SMARTS) is 1. The minimum atomic E-state index is -2.76. The maximum atomic E-state index is 11.1. The van der Waals surface area contributed by atoms with Crippen LogP contribution in [0.25, 0.3) is 0 Å². The Morgan fingerprint density at radius 3 is 2.60 bits per heavy atom. The molecule has 9 heteroatoms. The van der Waals surface area contributed by atoms with Crippen molar-refractivity contribution in [1.29, 1.82) is 0 Å². The maximum absolute atomic E-state index is 11.1. The third-order valence-electron chi connectivity index (χ3n) is 1.70. The third-order valence-corrected chi connectivity index (χ3v) is 3.62. The molecule has 0 saturated carbocycles. The Labute approximate surface area is 95.6 Å². The van der Waals surface area contributed by atoms with Gasteiger partial charge in [0.05, 0.1) is 0 Å². The normalized spacial score (nSPS) is 31.5. The summed E-state index contributed by atoms with van der Waals surface area (Å²) in [6, 6.07) is 0. The number of carbonyl (C=O) groups excluding carboxylic acids is 2. The molecular formula is C6H6BiO8. The van der Waals surface area contributed by atoms with Gasteiger partial charge in [0, 0.05) is 0 Å². The van der Waals surface area contributed by atoms with Gasteiger partial charge in [0.1, 0.15) is 0 Å². The number of aliphatic hydroxyl groups is 2. The van der Waals surface area contributed by atoms with Crippen LogP contribution < -0.4 is 0 Å². The molecule has 8 nitrogen and oxygen atoms in total. The zero-order valence-corrected chi connectivity index (χ0v) is 10.6. The van der Waals surface area contributed by atoms with Gasteiger partial charge in [-0.2, -0.15) is 0 Å². The summed E-state index contributed by atoms with van der Waals surface area (Å²) >= 11 is -2.33. The summed E-state index contributed by atoms with van der Waals surface area (Å²) in [6.45, 7) is 0. The monoisotopic (exact) mass is 415 g/mol. The number of hydrogen-bond acceptors (Lipinski definition) is 7. The summed E-state index contributed by atoms with van der Waals surface area (Å²) in [4.78, 5) is 32.5. The van der Waals surface area contributed by atoms with Crippen molar-refractivity contribution in [3.8, 4) is 0 Å². The van der Waals surface area contributed by atoms with E-state index in [1.165, 1.54) is 0 Å². The second kappa shape index (κ2) is 4.38. The first-order chi connectivity index (χ1) is 6.88. The SMILES string of the molecule is O=C(O)CC1(O)C(=O)[O][Bi][O]C(=O)C1O. The number of carbonyl (C=O) groups is 3. The van der Waals surface area contributed by atoms with E-state index in [0.29, 0.717) is 0 Å². The van der Waals surface area contributed by atoms with E-state index >= 15 is 0 Å². The fourth-order valence-corrected chi connectivity index (χ4v) is 2.62. The Morgan fingerprint density at radius 2 is 2.07 bits per heavy atom. The molecule has 2 atom stereocenters. The van der Waals surface area contributed by atoms with Crippen molar-refractivity contribution in [2.24, 2.45) is 0 Å². The van der Waals surface area contributed by atoms with Crippen molar-refractivity contribution in [3.63, 3.8) is 0 Å². The first-order valence-electron chi connectivity index (χ1n) is 3.63. The van der Waals surface area contributed by atoms with E-state index < -0.39 is 60.1 Å². The number of hydrogen-bond donors (Lipinski definition) is 3. The van der Waals surface area contributed by atoms with E-state index in [4.69, 9.17) is 5.11 Å². The molecule has 1 saturated heterocycles. The molecule has 0 spiro atoms. The van der Waals surface area contributed by atoms with Gasteiger partial charge in [-0.05, 0) is 0 Å². The van der Waals surface area contributed by atoms with Crippen molar-refractivity contribution in [1.82, 2.24) is 0 Å². The van der Waals surface area contributed by atoms with E-state index in [2.05, 4.69) is 5.63 Å². The predicted molar refractivity (Wildman–Crippen MR) is 41.1 cm³/mol. The van der Waals surface area contributed by atoms with Crippen LogP contribution >= 0.6 is 0 Å². The molecule has 0 aromatic rings. The minimum absolute atomic E-state index is 1.12. The van der Waals surface area contributed by atoms with Crippen LogP contribution in [0.4, 0.5) is 0 Å². The van der Waals surface area contributed by atoms with Gasteiger partial charge in [-0.1, -0.05) is 0 Å². The molecule has 1 rings (SSSR count). The molecule has 0 bridgehead atoms. The van der Waals surface area contributed by atoms with Gasteiger partial charge in [-0.25, -0.2) is 0 Å². The first kappa shape index (κ1) is 12.3. The van der Waals surface area contributed by atoms with Crippen LogP contribution in [0, 0.1) is 0 Å². The van der Waals surface area contributed by atoms with E-state index in [1.54, 1.807) is 0 Å². The van der Waals surface area contributed by atoms with E-state index in [1.807, 2.05) is 0 Å². The van der Waals surface area contributed by atoms with E-state index in [-0.39, 0.29) is 0 Å². The van der Waals surface area contributed by atoms with Crippen molar-refractivity contribution >= 4 is 42.0 Å². The van der Waals surface area contributed by atoms with Crippen LogP contribution in [0.1, 0.15) is 6.42 Å². The first-order valence-corrected chi connectivity index (χ1v) is 6.46. The quantitative estimate of drug-likeness (QED) is 0.412. The van der Waals surface area contributed by atoms with Gasteiger partial charge in [0.25, 0.3) is 0 Å². The molecule has 0 aromatic heterocycles. The van der Waals surface area contributed by atoms with Gasteiger partial charge in [-0.3, -0.25) is 0 Å². The molecule has 3 N–H and O–H groups in total. The fourth-order valence-electron chi connectivity index (χ4n) is 0.924. The summed E-state index contributed by atoms with van der Waals surface area (Å²) in [5.41, 5.74) is -2.76. The molecule has 0 aromatic carbocycles. The predicted octanol–water partition coefficient (Wildman–Crippen LogP) is -2.81. The molecule has 2 unspecified atom stereocenters. The van der Waals surface area contributed by atoms with Crippen LogP contribution in [-0.2, 0) is 20.0 Å². The molecule has 15 heavy (non-hydrogen) atoms. The molecule has 0 aliphatic carbocycles. The van der Waals surface area contributed by atoms with Gasteiger partial charge in [0.15, 0.2) is 0 Å². The van der Waals surface area contributed by atoms with Crippen molar-refractivity contribution in [3.05, 3.63) is 0 Å². The summed E-state index contributed by atoms with van der Waals surface area (Å²) < 4.78 is 8.74. The van der Waals surface area contributed by atoms with Gasteiger partial charge in [-0.15, -0.1) is 0 Å². The van der Waals surface area contributed by atoms with E-state index in [0.717, 1.165) is 0 Å². The Bertz CT molecular complexity index is 314. The summed E-state index contributed by atoms with van der Waals surface area (Å²) in [5, 5.41) is 27.2. The molecular weight excluding hydrogens is 409 g/mol. The Hall–Kier alpha value is -0.787. The number of carboxylic acids is 1. The molecule has 1 aliphatic rings. The van der Waals surface area contributed by atoms with Gasteiger partial charge < -0.3 is 0 Å². The van der Waals surface area contributed by atoms with Crippen LogP contribution in [0.15, 0.2) is 0 Å². The number of aliphatic carboxylic acids is 1. The van der Waals surface area contributed by atoms with Gasteiger partial charge in [0.2, 0.25) is 0 Å². The Balaban J connectivity index is 3.01. The zero-order valence-electron chi connectivity index (χ0n) is 7.11. The molecule has 1 fully saturated rings. The molecule has 83 valence electrons. The molecule has 1 aliphatic heterocycles. The zero-order chi connectivity index (χ0) is 11.6. The van der Waals surface area contributed by atoms with E-state index in [9.17, 15) is 24.6 Å². The van der Waals surface area contributed by atoms with Gasteiger partial charge >= 0.3 is 95.5 Å². The summed E-state index contributed by atoms with van der Waals surface area (Å²) in [7, 11) is 0. The van der Waals surface area contributed by atoms with Crippen LogP contribution in [0.2, 0.25) is 0 Å². The summed E-state index contributed by atoms with van der Waals surface area (Å²) in [6.07, 6.45) is -3.35. The Kier molecular flexibility index (Phi) is 3.59. The number of rotatable bonds is 2. The topological polar surface area (TPSA) is 130 Å². The van der Waals surface area contributed by atoms with Crippen molar-refractivity contribution < 1.29 is 35.3 Å². The van der Waals surface area contributed by atoms with Crippen LogP contribution in [0.5, 0.6) is 0 Å². The average molecular weight is 415 g/mol. The van der Waals surface area contributed by atoms with Crippen LogP contribution in [-0.4, -0.2) is 69.0 Å². The second-order valence-electron chi connectivity index (χ2n) is 2.76. The summed E-state index contributed by atoms with van der Waals surface area (Å²) in [5.74, 6) is -4.11. The third kappa shape index (κ3) is 2.42. The average Bonchev–Trinajstić information content (AvgIpc) is 2.21.